The Labute approximate surface area is 74.6 Å². The van der Waals surface area contributed by atoms with Gasteiger partial charge in [-0.15, -0.1) is 0 Å². The van der Waals surface area contributed by atoms with E-state index in [4.69, 9.17) is 5.11 Å². The fourth-order valence-corrected chi connectivity index (χ4v) is 1.56. The molecule has 0 fully saturated rings. The summed E-state index contributed by atoms with van der Waals surface area (Å²) in [7, 11) is 0. The molecule has 0 bridgehead atoms. The number of aliphatic hydroxyl groups is 1. The highest BCUT2D eigenvalue weighted by molar-refractivity contribution is 7.98. The van der Waals surface area contributed by atoms with Gasteiger partial charge in [0, 0.05) is 6.61 Å². The van der Waals surface area contributed by atoms with E-state index in [0.29, 0.717) is 6.61 Å². The lowest BCUT2D eigenvalue weighted by Crippen LogP contribution is -1.84. The molecule has 0 aliphatic heterocycles. The van der Waals surface area contributed by atoms with Crippen LogP contribution in [0.25, 0.3) is 0 Å². The van der Waals surface area contributed by atoms with Crippen molar-refractivity contribution in [2.75, 3.05) is 18.6 Å². The SMILES string of the molecule is CSCCCCCCCCO. The fraction of sp³-hybridized carbons (Fsp3) is 1.00. The number of hydrogen-bond acceptors (Lipinski definition) is 2. The molecule has 0 saturated heterocycles. The minimum Gasteiger partial charge on any atom is -0.396 e. The molecular weight excluding hydrogens is 156 g/mol. The maximum atomic E-state index is 8.50. The third kappa shape index (κ3) is 10.3. The van der Waals surface area contributed by atoms with E-state index in [9.17, 15) is 0 Å². The Kier molecular flexibility index (Phi) is 10.6. The van der Waals surface area contributed by atoms with Crippen LogP contribution in [0.15, 0.2) is 0 Å². The Morgan fingerprint density at radius 2 is 1.45 bits per heavy atom. The first-order valence-electron chi connectivity index (χ1n) is 4.51. The molecule has 1 nitrogen and oxygen atoms in total. The zero-order valence-electron chi connectivity index (χ0n) is 7.51. The van der Waals surface area contributed by atoms with E-state index in [1.54, 1.807) is 0 Å². The van der Waals surface area contributed by atoms with Crippen LogP contribution >= 0.6 is 11.8 Å². The van der Waals surface area contributed by atoms with Crippen molar-refractivity contribution in [3.8, 4) is 0 Å². The predicted molar refractivity (Wildman–Crippen MR) is 53.2 cm³/mol. The molecule has 0 aromatic heterocycles. The fourth-order valence-electron chi connectivity index (χ4n) is 1.07. The van der Waals surface area contributed by atoms with Gasteiger partial charge in [0.25, 0.3) is 0 Å². The largest absolute Gasteiger partial charge is 0.396 e. The molecule has 0 aliphatic carbocycles. The first-order chi connectivity index (χ1) is 5.41. The second kappa shape index (κ2) is 10.3. The number of thioether (sulfide) groups is 1. The van der Waals surface area contributed by atoms with Crippen molar-refractivity contribution in [1.82, 2.24) is 0 Å². The molecule has 11 heavy (non-hydrogen) atoms. The van der Waals surface area contributed by atoms with Gasteiger partial charge in [-0.1, -0.05) is 25.7 Å². The summed E-state index contributed by atoms with van der Waals surface area (Å²) in [6, 6.07) is 0. The first kappa shape index (κ1) is 11.3. The third-order valence-corrected chi connectivity index (χ3v) is 2.45. The maximum absolute atomic E-state index is 8.50. The molecule has 2 heteroatoms. The number of aliphatic hydroxyl groups excluding tert-OH is 1. The summed E-state index contributed by atoms with van der Waals surface area (Å²) in [6.45, 7) is 0.366. The van der Waals surface area contributed by atoms with Gasteiger partial charge < -0.3 is 5.11 Å². The van der Waals surface area contributed by atoms with Gasteiger partial charge in [-0.3, -0.25) is 0 Å². The zero-order valence-corrected chi connectivity index (χ0v) is 8.33. The summed E-state index contributed by atoms with van der Waals surface area (Å²) >= 11 is 1.93. The predicted octanol–water partition coefficient (Wildman–Crippen LogP) is 2.68. The third-order valence-electron chi connectivity index (χ3n) is 1.76. The van der Waals surface area contributed by atoms with Crippen LogP contribution in [0.1, 0.15) is 38.5 Å². The van der Waals surface area contributed by atoms with Crippen LogP contribution in [0.5, 0.6) is 0 Å². The van der Waals surface area contributed by atoms with Crippen LogP contribution < -0.4 is 0 Å². The van der Waals surface area contributed by atoms with Crippen molar-refractivity contribution in [3.05, 3.63) is 0 Å². The van der Waals surface area contributed by atoms with E-state index in [0.717, 1.165) is 6.42 Å². The summed E-state index contributed by atoms with van der Waals surface area (Å²) in [4.78, 5) is 0. The Hall–Kier alpha value is 0.310. The summed E-state index contributed by atoms with van der Waals surface area (Å²) < 4.78 is 0. The highest BCUT2D eigenvalue weighted by Gasteiger charge is 1.89. The minimum atomic E-state index is 0.366. The van der Waals surface area contributed by atoms with Crippen LogP contribution in [-0.4, -0.2) is 23.7 Å². The molecule has 0 saturated carbocycles. The van der Waals surface area contributed by atoms with E-state index in [1.165, 1.54) is 37.9 Å². The monoisotopic (exact) mass is 176 g/mol. The van der Waals surface area contributed by atoms with Crippen LogP contribution in [0, 0.1) is 0 Å². The van der Waals surface area contributed by atoms with E-state index < -0.39 is 0 Å². The molecule has 0 unspecified atom stereocenters. The standard InChI is InChI=1S/C9H20OS/c1-11-9-7-5-3-2-4-6-8-10/h10H,2-9H2,1H3. The molecule has 0 aromatic rings. The summed E-state index contributed by atoms with van der Waals surface area (Å²) in [5.74, 6) is 1.31. The molecule has 0 aromatic carbocycles. The quantitative estimate of drug-likeness (QED) is 0.574. The average molecular weight is 176 g/mol. The molecular formula is C9H20OS. The number of hydrogen-bond donors (Lipinski definition) is 1. The van der Waals surface area contributed by atoms with Gasteiger partial charge in [-0.05, 0) is 24.9 Å². The lowest BCUT2D eigenvalue weighted by Gasteiger charge is -1.98. The molecule has 0 rings (SSSR count). The van der Waals surface area contributed by atoms with Gasteiger partial charge >= 0.3 is 0 Å². The highest BCUT2D eigenvalue weighted by atomic mass is 32.2. The topological polar surface area (TPSA) is 20.2 Å². The van der Waals surface area contributed by atoms with Crippen molar-refractivity contribution in [1.29, 1.82) is 0 Å². The molecule has 68 valence electrons. The molecule has 0 spiro atoms. The minimum absolute atomic E-state index is 0.366. The molecule has 0 aliphatic rings. The van der Waals surface area contributed by atoms with E-state index >= 15 is 0 Å². The van der Waals surface area contributed by atoms with Crippen molar-refractivity contribution in [2.45, 2.75) is 38.5 Å². The Balaban J connectivity index is 2.69. The summed E-state index contributed by atoms with van der Waals surface area (Å²) in [5.41, 5.74) is 0. The Bertz CT molecular complexity index is 58.6. The van der Waals surface area contributed by atoms with Crippen LogP contribution in [-0.2, 0) is 0 Å². The van der Waals surface area contributed by atoms with Crippen LogP contribution in [0.3, 0.4) is 0 Å². The van der Waals surface area contributed by atoms with Gasteiger partial charge in [0.1, 0.15) is 0 Å². The second-order valence-corrected chi connectivity index (χ2v) is 3.82. The number of rotatable bonds is 8. The Morgan fingerprint density at radius 3 is 2.00 bits per heavy atom. The van der Waals surface area contributed by atoms with Crippen molar-refractivity contribution in [2.24, 2.45) is 0 Å². The zero-order chi connectivity index (χ0) is 8.36. The lowest BCUT2D eigenvalue weighted by atomic mass is 10.1. The van der Waals surface area contributed by atoms with Crippen LogP contribution in [0.4, 0.5) is 0 Å². The first-order valence-corrected chi connectivity index (χ1v) is 5.91. The van der Waals surface area contributed by atoms with Crippen molar-refractivity contribution < 1.29 is 5.11 Å². The summed E-state index contributed by atoms with van der Waals surface area (Å²) in [6.07, 6.45) is 9.73. The van der Waals surface area contributed by atoms with Crippen LogP contribution in [0.2, 0.25) is 0 Å². The molecule has 0 radical (unpaired) electrons. The maximum Gasteiger partial charge on any atom is 0.0431 e. The van der Waals surface area contributed by atoms with Gasteiger partial charge in [-0.2, -0.15) is 11.8 Å². The van der Waals surface area contributed by atoms with Crippen molar-refractivity contribution >= 4 is 11.8 Å². The van der Waals surface area contributed by atoms with Gasteiger partial charge in [0.15, 0.2) is 0 Å². The highest BCUT2D eigenvalue weighted by Crippen LogP contribution is 2.07. The lowest BCUT2D eigenvalue weighted by molar-refractivity contribution is 0.282. The second-order valence-electron chi connectivity index (χ2n) is 2.84. The van der Waals surface area contributed by atoms with Gasteiger partial charge in [0.05, 0.1) is 0 Å². The smallest absolute Gasteiger partial charge is 0.0431 e. The molecule has 0 heterocycles. The van der Waals surface area contributed by atoms with E-state index in [1.807, 2.05) is 11.8 Å². The molecule has 0 atom stereocenters. The molecule has 0 amide bonds. The van der Waals surface area contributed by atoms with Crippen molar-refractivity contribution in [3.63, 3.8) is 0 Å². The normalized spacial score (nSPS) is 10.4. The van der Waals surface area contributed by atoms with E-state index in [2.05, 4.69) is 6.26 Å². The van der Waals surface area contributed by atoms with Gasteiger partial charge in [-0.25, -0.2) is 0 Å². The average Bonchev–Trinajstić information content (AvgIpc) is 2.03. The van der Waals surface area contributed by atoms with E-state index in [-0.39, 0.29) is 0 Å². The molecule has 1 N–H and O–H groups in total. The van der Waals surface area contributed by atoms with Gasteiger partial charge in [0.2, 0.25) is 0 Å². The summed E-state index contributed by atoms with van der Waals surface area (Å²) in [5, 5.41) is 8.50. The number of unbranched alkanes of at least 4 members (excludes halogenated alkanes) is 5. The Morgan fingerprint density at radius 1 is 0.909 bits per heavy atom.